The summed E-state index contributed by atoms with van der Waals surface area (Å²) >= 11 is 6.00. The molecule has 0 aromatic heterocycles. The van der Waals surface area contributed by atoms with Crippen LogP contribution in [0.25, 0.3) is 0 Å². The van der Waals surface area contributed by atoms with Gasteiger partial charge in [-0.15, -0.1) is 0 Å². The first-order chi connectivity index (χ1) is 14.2. The Balaban J connectivity index is 2.12. The second kappa shape index (κ2) is 9.35. The molecule has 7 nitrogen and oxygen atoms in total. The van der Waals surface area contributed by atoms with E-state index in [9.17, 15) is 19.8 Å². The summed E-state index contributed by atoms with van der Waals surface area (Å²) in [6.45, 7) is 11.6. The molecule has 2 atom stereocenters. The van der Waals surface area contributed by atoms with E-state index in [1.54, 1.807) is 30.9 Å². The zero-order chi connectivity index (χ0) is 23.6. The Bertz CT molecular complexity index is 789. The number of aliphatic hydroxyl groups is 2. The average Bonchev–Trinajstić information content (AvgIpc) is 2.65. The molecule has 1 aromatic carbocycles. The Morgan fingerprint density at radius 2 is 1.81 bits per heavy atom. The fraction of sp³-hybridized carbons (Fsp3) is 0.652. The van der Waals surface area contributed by atoms with Gasteiger partial charge in [0.2, 0.25) is 5.91 Å². The number of nitrogens with zero attached hydrogens (tertiary/aromatic N) is 1. The zero-order valence-electron chi connectivity index (χ0n) is 19.3. The fourth-order valence-corrected chi connectivity index (χ4v) is 4.10. The molecule has 31 heavy (non-hydrogen) atoms. The molecule has 1 aliphatic rings. The summed E-state index contributed by atoms with van der Waals surface area (Å²) in [6, 6.07) is 5.96. The summed E-state index contributed by atoms with van der Waals surface area (Å²) < 4.78 is 0. The van der Waals surface area contributed by atoms with E-state index in [1.807, 2.05) is 39.8 Å². The van der Waals surface area contributed by atoms with Crippen molar-refractivity contribution < 1.29 is 19.8 Å². The molecule has 0 saturated carbocycles. The van der Waals surface area contributed by atoms with Crippen LogP contribution in [0.3, 0.4) is 0 Å². The molecule has 4 N–H and O–H groups in total. The Morgan fingerprint density at radius 1 is 1.23 bits per heavy atom. The summed E-state index contributed by atoms with van der Waals surface area (Å²) in [5.41, 5.74) is -1.98. The standard InChI is InChI=1S/C23H36ClN3O4/c1-15(2)18(26-20(29)25-13-22(5,6)30)19(28)27-12-11-23(31,21(3,4)14-27)16-7-9-17(24)10-8-16/h7-10,15,18,30-31H,11-14H2,1-6H3,(H2,25,26,29). The molecule has 1 aromatic rings. The molecule has 0 aliphatic carbocycles. The van der Waals surface area contributed by atoms with Gasteiger partial charge in [-0.3, -0.25) is 4.79 Å². The van der Waals surface area contributed by atoms with Gasteiger partial charge in [-0.25, -0.2) is 4.79 Å². The van der Waals surface area contributed by atoms with Gasteiger partial charge < -0.3 is 25.7 Å². The van der Waals surface area contributed by atoms with E-state index in [0.29, 0.717) is 24.5 Å². The predicted octanol–water partition coefficient (Wildman–Crippen LogP) is 2.88. The van der Waals surface area contributed by atoms with Crippen LogP contribution < -0.4 is 10.6 Å². The van der Waals surface area contributed by atoms with Crippen molar-refractivity contribution in [3.63, 3.8) is 0 Å². The van der Waals surface area contributed by atoms with Crippen molar-refractivity contribution in [1.29, 1.82) is 0 Å². The first-order valence-electron chi connectivity index (χ1n) is 10.7. The van der Waals surface area contributed by atoms with Gasteiger partial charge in [0.1, 0.15) is 6.04 Å². The Hall–Kier alpha value is -1.83. The van der Waals surface area contributed by atoms with Crippen LogP contribution in [0.15, 0.2) is 24.3 Å². The number of nitrogens with one attached hydrogen (secondary N) is 2. The van der Waals surface area contributed by atoms with Gasteiger partial charge in [0.05, 0.1) is 11.2 Å². The molecule has 3 amide bonds. The summed E-state index contributed by atoms with van der Waals surface area (Å²) in [6.07, 6.45) is 0.378. The number of carbonyl (C=O) groups is 2. The van der Waals surface area contributed by atoms with Gasteiger partial charge in [-0.1, -0.05) is 51.4 Å². The highest BCUT2D eigenvalue weighted by atomic mass is 35.5. The van der Waals surface area contributed by atoms with Crippen LogP contribution in [-0.4, -0.2) is 58.3 Å². The minimum Gasteiger partial charge on any atom is -0.389 e. The molecule has 174 valence electrons. The molecule has 1 heterocycles. The number of urea groups is 1. The topological polar surface area (TPSA) is 102 Å². The molecule has 2 rings (SSSR count). The van der Waals surface area contributed by atoms with Gasteiger partial charge in [0.15, 0.2) is 0 Å². The molecule has 8 heteroatoms. The Morgan fingerprint density at radius 3 is 2.29 bits per heavy atom. The lowest BCUT2D eigenvalue weighted by Gasteiger charge is -2.51. The number of rotatable bonds is 6. The number of hydrogen-bond donors (Lipinski definition) is 4. The number of carbonyl (C=O) groups excluding carboxylic acids is 2. The van der Waals surface area contributed by atoms with Crippen LogP contribution >= 0.6 is 11.6 Å². The Labute approximate surface area is 190 Å². The maximum absolute atomic E-state index is 13.3. The lowest BCUT2D eigenvalue weighted by atomic mass is 9.66. The average molecular weight is 454 g/mol. The molecule has 0 bridgehead atoms. The van der Waals surface area contributed by atoms with Crippen LogP contribution in [0.4, 0.5) is 4.79 Å². The lowest BCUT2D eigenvalue weighted by molar-refractivity contribution is -0.155. The monoisotopic (exact) mass is 453 g/mol. The number of halogens is 1. The van der Waals surface area contributed by atoms with Crippen LogP contribution in [0.1, 0.15) is 53.5 Å². The predicted molar refractivity (Wildman–Crippen MR) is 122 cm³/mol. The van der Waals surface area contributed by atoms with Crippen molar-refractivity contribution in [2.75, 3.05) is 19.6 Å². The van der Waals surface area contributed by atoms with E-state index in [-0.39, 0.29) is 18.4 Å². The van der Waals surface area contributed by atoms with Gasteiger partial charge >= 0.3 is 6.03 Å². The largest absolute Gasteiger partial charge is 0.389 e. The first-order valence-corrected chi connectivity index (χ1v) is 11.1. The van der Waals surface area contributed by atoms with E-state index >= 15 is 0 Å². The maximum Gasteiger partial charge on any atom is 0.315 e. The van der Waals surface area contributed by atoms with Crippen molar-refractivity contribution in [2.45, 2.75) is 65.2 Å². The van der Waals surface area contributed by atoms with Crippen molar-refractivity contribution in [3.05, 3.63) is 34.9 Å². The van der Waals surface area contributed by atoms with E-state index in [4.69, 9.17) is 11.6 Å². The van der Waals surface area contributed by atoms with Crippen LogP contribution in [0, 0.1) is 11.3 Å². The third-order valence-corrected chi connectivity index (χ3v) is 6.24. The van der Waals surface area contributed by atoms with Crippen molar-refractivity contribution in [3.8, 4) is 0 Å². The van der Waals surface area contributed by atoms with E-state index in [1.165, 1.54) is 0 Å². The minimum absolute atomic E-state index is 0.0721. The van der Waals surface area contributed by atoms with Crippen LogP contribution in [0.5, 0.6) is 0 Å². The van der Waals surface area contributed by atoms with Gasteiger partial charge in [0, 0.05) is 30.1 Å². The van der Waals surface area contributed by atoms with Crippen molar-refractivity contribution in [2.24, 2.45) is 11.3 Å². The quantitative estimate of drug-likeness (QED) is 0.531. The zero-order valence-corrected chi connectivity index (χ0v) is 20.1. The van der Waals surface area contributed by atoms with Crippen LogP contribution in [0.2, 0.25) is 5.02 Å². The number of likely N-dealkylation sites (tertiary alicyclic amines) is 1. The fourth-order valence-electron chi connectivity index (χ4n) is 3.97. The van der Waals surface area contributed by atoms with Gasteiger partial charge in [-0.2, -0.15) is 0 Å². The summed E-state index contributed by atoms with van der Waals surface area (Å²) in [7, 11) is 0. The van der Waals surface area contributed by atoms with E-state index in [0.717, 1.165) is 5.56 Å². The van der Waals surface area contributed by atoms with E-state index < -0.39 is 28.7 Å². The molecule has 1 fully saturated rings. The van der Waals surface area contributed by atoms with E-state index in [2.05, 4.69) is 10.6 Å². The molecule has 1 saturated heterocycles. The van der Waals surface area contributed by atoms with Crippen molar-refractivity contribution >= 4 is 23.5 Å². The lowest BCUT2D eigenvalue weighted by Crippen LogP contribution is -2.61. The molecular weight excluding hydrogens is 418 g/mol. The first kappa shape index (κ1) is 25.4. The summed E-state index contributed by atoms with van der Waals surface area (Å²) in [5, 5.41) is 27.3. The molecule has 0 spiro atoms. The third-order valence-electron chi connectivity index (χ3n) is 5.98. The third kappa shape index (κ3) is 6.11. The van der Waals surface area contributed by atoms with Crippen molar-refractivity contribution in [1.82, 2.24) is 15.5 Å². The minimum atomic E-state index is -1.10. The smallest absolute Gasteiger partial charge is 0.315 e. The molecule has 2 unspecified atom stereocenters. The molecular formula is C23H36ClN3O4. The summed E-state index contributed by atoms with van der Waals surface area (Å²) in [4.78, 5) is 27.3. The number of amides is 3. The highest BCUT2D eigenvalue weighted by Crippen LogP contribution is 2.46. The SMILES string of the molecule is CC(C)C(NC(=O)NCC(C)(C)O)C(=O)N1CCC(O)(c2ccc(Cl)cc2)C(C)(C)C1. The highest BCUT2D eigenvalue weighted by Gasteiger charge is 2.50. The maximum atomic E-state index is 13.3. The number of piperidine rings is 1. The normalized spacial score (nSPS) is 22.2. The van der Waals surface area contributed by atoms with Gasteiger partial charge in [0.25, 0.3) is 0 Å². The van der Waals surface area contributed by atoms with Gasteiger partial charge in [-0.05, 0) is 43.9 Å². The number of hydrogen-bond acceptors (Lipinski definition) is 4. The molecule has 1 aliphatic heterocycles. The molecule has 0 radical (unpaired) electrons. The Kier molecular flexibility index (Phi) is 7.67. The highest BCUT2D eigenvalue weighted by molar-refractivity contribution is 6.30. The summed E-state index contributed by atoms with van der Waals surface area (Å²) in [5.74, 6) is -0.305. The second-order valence-electron chi connectivity index (χ2n) is 10.1. The second-order valence-corrected chi connectivity index (χ2v) is 10.6. The van der Waals surface area contributed by atoms with Crippen LogP contribution in [-0.2, 0) is 10.4 Å². The number of benzene rings is 1.